The molecule has 0 aromatic heterocycles. The van der Waals surface area contributed by atoms with E-state index in [2.05, 4.69) is 10.3 Å². The summed E-state index contributed by atoms with van der Waals surface area (Å²) in [5, 5.41) is 0. The van der Waals surface area contributed by atoms with E-state index in [-0.39, 0.29) is 5.91 Å². The number of ether oxygens (including phenoxy) is 2. The minimum absolute atomic E-state index is 0.150. The number of nitrogens with one attached hydrogen (secondary N) is 1. The summed E-state index contributed by atoms with van der Waals surface area (Å²) in [6.07, 6.45) is 0.398. The second kappa shape index (κ2) is 11.8. The Hall–Kier alpha value is -0.690. The van der Waals surface area contributed by atoms with Crippen molar-refractivity contribution in [2.24, 2.45) is 5.84 Å². The van der Waals surface area contributed by atoms with Gasteiger partial charge in [-0.1, -0.05) is 0 Å². The molecule has 0 unspecified atom stereocenters. The molecule has 0 rings (SSSR count). The van der Waals surface area contributed by atoms with Gasteiger partial charge in [0.2, 0.25) is 5.91 Å². The first kappa shape index (κ1) is 16.3. The lowest BCUT2D eigenvalue weighted by molar-refractivity contribution is -0.121. The summed E-state index contributed by atoms with van der Waals surface area (Å²) in [5.41, 5.74) is 2.13. The monoisotopic (exact) mass is 247 g/mol. The van der Waals surface area contributed by atoms with Gasteiger partial charge in [0.1, 0.15) is 0 Å². The lowest BCUT2D eigenvalue weighted by atomic mass is 10.3. The van der Waals surface area contributed by atoms with Crippen LogP contribution in [0.5, 0.6) is 0 Å². The van der Waals surface area contributed by atoms with Crippen molar-refractivity contribution in [3.8, 4) is 0 Å². The Kier molecular flexibility index (Phi) is 11.3. The van der Waals surface area contributed by atoms with Crippen LogP contribution >= 0.6 is 0 Å². The highest BCUT2D eigenvalue weighted by Gasteiger charge is 2.07. The topological polar surface area (TPSA) is 76.8 Å². The first-order valence-electron chi connectivity index (χ1n) is 6.11. The van der Waals surface area contributed by atoms with E-state index in [1.165, 1.54) is 0 Å². The summed E-state index contributed by atoms with van der Waals surface area (Å²) in [5.74, 6) is 4.88. The lowest BCUT2D eigenvalue weighted by Gasteiger charge is -2.21. The van der Waals surface area contributed by atoms with Gasteiger partial charge in [0.25, 0.3) is 0 Å². The summed E-state index contributed by atoms with van der Waals surface area (Å²) in [7, 11) is 0. The SMILES string of the molecule is CCOCCN(CCOCC)CCC(=O)NN. The molecule has 0 radical (unpaired) electrons. The molecule has 17 heavy (non-hydrogen) atoms. The van der Waals surface area contributed by atoms with E-state index in [4.69, 9.17) is 15.3 Å². The van der Waals surface area contributed by atoms with Gasteiger partial charge in [0.05, 0.1) is 13.2 Å². The van der Waals surface area contributed by atoms with Crippen LogP contribution in [0.2, 0.25) is 0 Å². The zero-order valence-corrected chi connectivity index (χ0v) is 10.9. The molecule has 0 aliphatic rings. The number of rotatable bonds is 11. The zero-order valence-electron chi connectivity index (χ0n) is 10.9. The second-order valence-electron chi connectivity index (χ2n) is 3.55. The van der Waals surface area contributed by atoms with Crippen molar-refractivity contribution in [3.05, 3.63) is 0 Å². The molecule has 0 spiro atoms. The van der Waals surface area contributed by atoms with Crippen molar-refractivity contribution in [2.45, 2.75) is 20.3 Å². The number of amides is 1. The maximum absolute atomic E-state index is 11.1. The van der Waals surface area contributed by atoms with E-state index in [1.54, 1.807) is 0 Å². The largest absolute Gasteiger partial charge is 0.380 e. The minimum Gasteiger partial charge on any atom is -0.380 e. The van der Waals surface area contributed by atoms with E-state index in [0.717, 1.165) is 13.1 Å². The van der Waals surface area contributed by atoms with Crippen LogP contribution in [0.15, 0.2) is 0 Å². The fourth-order valence-corrected chi connectivity index (χ4v) is 1.34. The van der Waals surface area contributed by atoms with Crippen LogP contribution in [0.4, 0.5) is 0 Å². The molecule has 1 amide bonds. The molecule has 0 atom stereocenters. The van der Waals surface area contributed by atoms with Gasteiger partial charge in [-0.3, -0.25) is 15.1 Å². The van der Waals surface area contributed by atoms with Crippen molar-refractivity contribution in [2.75, 3.05) is 46.1 Å². The molecule has 3 N–H and O–H groups in total. The lowest BCUT2D eigenvalue weighted by Crippen LogP contribution is -2.37. The van der Waals surface area contributed by atoms with Crippen molar-refractivity contribution in [1.29, 1.82) is 0 Å². The smallest absolute Gasteiger partial charge is 0.235 e. The van der Waals surface area contributed by atoms with Gasteiger partial charge in [-0.25, -0.2) is 5.84 Å². The predicted octanol–water partition coefficient (Wildman–Crippen LogP) is -0.259. The molecule has 0 bridgehead atoms. The molecule has 0 fully saturated rings. The third kappa shape index (κ3) is 10.2. The molecule has 6 nitrogen and oxygen atoms in total. The standard InChI is InChI=1S/C11H25N3O3/c1-3-16-9-7-14(8-10-17-4-2)6-5-11(15)13-12/h3-10,12H2,1-2H3,(H,13,15). The summed E-state index contributed by atoms with van der Waals surface area (Å²) in [6, 6.07) is 0. The first-order valence-corrected chi connectivity index (χ1v) is 6.11. The molecule has 6 heteroatoms. The maximum Gasteiger partial charge on any atom is 0.235 e. The Balaban J connectivity index is 3.79. The van der Waals surface area contributed by atoms with Gasteiger partial charge >= 0.3 is 0 Å². The van der Waals surface area contributed by atoms with Gasteiger partial charge in [0, 0.05) is 39.3 Å². The van der Waals surface area contributed by atoms with E-state index >= 15 is 0 Å². The Morgan fingerprint density at radius 1 is 1.12 bits per heavy atom. The van der Waals surface area contributed by atoms with Crippen LogP contribution in [0.25, 0.3) is 0 Å². The fourth-order valence-electron chi connectivity index (χ4n) is 1.34. The third-order valence-electron chi connectivity index (χ3n) is 2.33. The molecule has 0 saturated carbocycles. The first-order chi connectivity index (χ1) is 8.24. The van der Waals surface area contributed by atoms with Crippen LogP contribution in [0, 0.1) is 0 Å². The zero-order chi connectivity index (χ0) is 12.9. The summed E-state index contributed by atoms with van der Waals surface area (Å²) >= 11 is 0. The van der Waals surface area contributed by atoms with Crippen molar-refractivity contribution in [1.82, 2.24) is 10.3 Å². The van der Waals surface area contributed by atoms with Gasteiger partial charge in [-0.05, 0) is 13.8 Å². The summed E-state index contributed by atoms with van der Waals surface area (Å²) in [6.45, 7) is 8.98. The molecule has 0 heterocycles. The van der Waals surface area contributed by atoms with Crippen molar-refractivity contribution < 1.29 is 14.3 Å². The predicted molar refractivity (Wildman–Crippen MR) is 66.4 cm³/mol. The van der Waals surface area contributed by atoms with Crippen LogP contribution in [0.1, 0.15) is 20.3 Å². The molecule has 0 aromatic carbocycles. The number of carbonyl (C=O) groups is 1. The van der Waals surface area contributed by atoms with Crippen LogP contribution < -0.4 is 11.3 Å². The number of carbonyl (C=O) groups excluding carboxylic acids is 1. The highest BCUT2D eigenvalue weighted by molar-refractivity contribution is 5.75. The molecule has 102 valence electrons. The number of hydrogen-bond donors (Lipinski definition) is 2. The molecular weight excluding hydrogens is 222 g/mol. The Morgan fingerprint density at radius 3 is 2.06 bits per heavy atom. The molecule has 0 aliphatic heterocycles. The number of nitrogens with two attached hydrogens (primary N) is 1. The van der Waals surface area contributed by atoms with Crippen molar-refractivity contribution in [3.63, 3.8) is 0 Å². The second-order valence-corrected chi connectivity index (χ2v) is 3.55. The highest BCUT2D eigenvalue weighted by Crippen LogP contribution is 1.93. The average Bonchev–Trinajstić information content (AvgIpc) is 2.35. The molecule has 0 aliphatic carbocycles. The quantitative estimate of drug-likeness (QED) is 0.228. The van der Waals surface area contributed by atoms with Crippen LogP contribution in [0.3, 0.4) is 0 Å². The van der Waals surface area contributed by atoms with Gasteiger partial charge in [0.15, 0.2) is 0 Å². The number of hydrogen-bond acceptors (Lipinski definition) is 5. The van der Waals surface area contributed by atoms with E-state index in [9.17, 15) is 4.79 Å². The Labute approximate surface area is 103 Å². The van der Waals surface area contributed by atoms with Crippen LogP contribution in [-0.4, -0.2) is 56.9 Å². The van der Waals surface area contributed by atoms with Gasteiger partial charge in [-0.15, -0.1) is 0 Å². The Bertz CT molecular complexity index is 181. The number of hydrazine groups is 1. The maximum atomic E-state index is 11.1. The summed E-state index contributed by atoms with van der Waals surface area (Å²) < 4.78 is 10.6. The minimum atomic E-state index is -0.150. The highest BCUT2D eigenvalue weighted by atomic mass is 16.5. The normalized spacial score (nSPS) is 10.8. The molecule has 0 saturated heterocycles. The van der Waals surface area contributed by atoms with Crippen molar-refractivity contribution >= 4 is 5.91 Å². The third-order valence-corrected chi connectivity index (χ3v) is 2.33. The number of nitrogens with zero attached hydrogens (tertiary/aromatic N) is 1. The van der Waals surface area contributed by atoms with E-state index < -0.39 is 0 Å². The molecular formula is C11H25N3O3. The Morgan fingerprint density at radius 2 is 1.65 bits per heavy atom. The average molecular weight is 247 g/mol. The van der Waals surface area contributed by atoms with E-state index in [1.807, 2.05) is 13.8 Å². The van der Waals surface area contributed by atoms with Crippen LogP contribution in [-0.2, 0) is 14.3 Å². The van der Waals surface area contributed by atoms with E-state index in [0.29, 0.717) is 39.4 Å². The van der Waals surface area contributed by atoms with Gasteiger partial charge in [-0.2, -0.15) is 0 Å². The summed E-state index contributed by atoms with van der Waals surface area (Å²) in [4.78, 5) is 13.2. The fraction of sp³-hybridized carbons (Fsp3) is 0.909. The van der Waals surface area contributed by atoms with Gasteiger partial charge < -0.3 is 9.47 Å². The molecule has 0 aromatic rings.